The SMILES string of the molecule is [C-]#[N+]C(C)c1ccc(C)nc1Cl. The summed E-state index contributed by atoms with van der Waals surface area (Å²) in [6, 6.07) is 3.52. The van der Waals surface area contributed by atoms with Crippen LogP contribution < -0.4 is 0 Å². The van der Waals surface area contributed by atoms with Crippen molar-refractivity contribution in [3.63, 3.8) is 0 Å². The number of rotatable bonds is 1. The van der Waals surface area contributed by atoms with Crippen molar-refractivity contribution < 1.29 is 0 Å². The third-order valence-electron chi connectivity index (χ3n) is 1.66. The Morgan fingerprint density at radius 1 is 1.58 bits per heavy atom. The molecule has 0 aliphatic heterocycles. The minimum atomic E-state index is -0.203. The van der Waals surface area contributed by atoms with Crippen LogP contribution in [0, 0.1) is 13.5 Å². The summed E-state index contributed by atoms with van der Waals surface area (Å²) >= 11 is 5.85. The highest BCUT2D eigenvalue weighted by Crippen LogP contribution is 2.23. The number of halogens is 1. The number of aryl methyl sites for hydroxylation is 1. The minimum Gasteiger partial charge on any atom is -0.309 e. The topological polar surface area (TPSA) is 17.2 Å². The summed E-state index contributed by atoms with van der Waals surface area (Å²) in [5, 5.41) is 0.443. The summed E-state index contributed by atoms with van der Waals surface area (Å²) in [6.45, 7) is 10.5. The van der Waals surface area contributed by atoms with E-state index in [1.807, 2.05) is 26.0 Å². The van der Waals surface area contributed by atoms with Crippen molar-refractivity contribution in [1.82, 2.24) is 4.98 Å². The van der Waals surface area contributed by atoms with Crippen LogP contribution in [0.4, 0.5) is 0 Å². The second-order valence-corrected chi connectivity index (χ2v) is 3.00. The van der Waals surface area contributed by atoms with Crippen LogP contribution in [0.1, 0.15) is 24.2 Å². The molecule has 0 saturated carbocycles. The molecule has 3 heteroatoms. The molecule has 62 valence electrons. The van der Waals surface area contributed by atoms with Crippen LogP contribution >= 0.6 is 11.6 Å². The van der Waals surface area contributed by atoms with Crippen LogP contribution in [-0.4, -0.2) is 4.98 Å². The van der Waals surface area contributed by atoms with Gasteiger partial charge in [-0.05, 0) is 19.1 Å². The lowest BCUT2D eigenvalue weighted by atomic mass is 10.1. The van der Waals surface area contributed by atoms with Gasteiger partial charge in [0.1, 0.15) is 5.15 Å². The second kappa shape index (κ2) is 3.55. The minimum absolute atomic E-state index is 0.203. The lowest BCUT2D eigenvalue weighted by Crippen LogP contribution is -1.92. The van der Waals surface area contributed by atoms with Crippen LogP contribution in [0.5, 0.6) is 0 Å². The molecule has 0 radical (unpaired) electrons. The molecule has 0 aromatic carbocycles. The van der Waals surface area contributed by atoms with E-state index < -0.39 is 0 Å². The van der Waals surface area contributed by atoms with E-state index in [1.54, 1.807) is 0 Å². The average Bonchev–Trinajstić information content (AvgIpc) is 2.03. The van der Waals surface area contributed by atoms with Gasteiger partial charge in [-0.1, -0.05) is 11.6 Å². The number of pyridine rings is 1. The third-order valence-corrected chi connectivity index (χ3v) is 1.96. The molecule has 1 unspecified atom stereocenters. The van der Waals surface area contributed by atoms with Crippen molar-refractivity contribution in [1.29, 1.82) is 0 Å². The van der Waals surface area contributed by atoms with E-state index in [0.717, 1.165) is 11.3 Å². The quantitative estimate of drug-likeness (QED) is 0.480. The van der Waals surface area contributed by atoms with Crippen molar-refractivity contribution in [2.45, 2.75) is 19.9 Å². The highest BCUT2D eigenvalue weighted by molar-refractivity contribution is 6.30. The van der Waals surface area contributed by atoms with E-state index in [9.17, 15) is 0 Å². The molecular formula is C9H9ClN2. The molecule has 1 rings (SSSR count). The fourth-order valence-corrected chi connectivity index (χ4v) is 1.27. The predicted molar refractivity (Wildman–Crippen MR) is 49.0 cm³/mol. The van der Waals surface area contributed by atoms with Gasteiger partial charge in [0.2, 0.25) is 6.04 Å². The molecule has 0 amide bonds. The Balaban J connectivity index is 3.11. The Hall–Kier alpha value is -1.07. The highest BCUT2D eigenvalue weighted by Gasteiger charge is 2.13. The molecule has 1 aromatic rings. The van der Waals surface area contributed by atoms with Crippen LogP contribution in [0.25, 0.3) is 4.85 Å². The van der Waals surface area contributed by atoms with E-state index in [0.29, 0.717) is 5.15 Å². The van der Waals surface area contributed by atoms with Crippen molar-refractivity contribution in [3.05, 3.63) is 40.0 Å². The Bertz CT molecular complexity index is 328. The summed E-state index contributed by atoms with van der Waals surface area (Å²) < 4.78 is 0. The van der Waals surface area contributed by atoms with Gasteiger partial charge in [-0.15, -0.1) is 0 Å². The largest absolute Gasteiger partial charge is 0.309 e. The summed E-state index contributed by atoms with van der Waals surface area (Å²) in [6.07, 6.45) is 0. The Labute approximate surface area is 77.0 Å². The van der Waals surface area contributed by atoms with Gasteiger partial charge in [-0.2, -0.15) is 0 Å². The van der Waals surface area contributed by atoms with Gasteiger partial charge in [-0.3, -0.25) is 0 Å². The van der Waals surface area contributed by atoms with Gasteiger partial charge >= 0.3 is 0 Å². The van der Waals surface area contributed by atoms with Crippen LogP contribution in [0.3, 0.4) is 0 Å². The molecule has 0 N–H and O–H groups in total. The zero-order valence-electron chi connectivity index (χ0n) is 7.00. The summed E-state index contributed by atoms with van der Waals surface area (Å²) in [4.78, 5) is 7.44. The summed E-state index contributed by atoms with van der Waals surface area (Å²) in [5.74, 6) is 0. The lowest BCUT2D eigenvalue weighted by molar-refractivity contribution is 0.942. The standard InChI is InChI=1S/C9H9ClN2/c1-6-4-5-8(7(2)11-3)9(10)12-6/h4-5,7H,1-2H3. The molecule has 0 bridgehead atoms. The molecule has 0 saturated heterocycles. The Morgan fingerprint density at radius 2 is 2.25 bits per heavy atom. The first kappa shape index (κ1) is 9.02. The van der Waals surface area contributed by atoms with Gasteiger partial charge < -0.3 is 4.85 Å². The van der Waals surface area contributed by atoms with Gasteiger partial charge in [0.25, 0.3) is 0 Å². The Morgan fingerprint density at radius 3 is 2.75 bits per heavy atom. The first-order valence-corrected chi connectivity index (χ1v) is 4.02. The first-order valence-electron chi connectivity index (χ1n) is 3.64. The smallest absolute Gasteiger partial charge is 0.248 e. The Kier molecular flexibility index (Phi) is 2.67. The first-order chi connectivity index (χ1) is 5.65. The maximum absolute atomic E-state index is 6.84. The van der Waals surface area contributed by atoms with E-state index in [-0.39, 0.29) is 6.04 Å². The molecule has 0 aliphatic rings. The van der Waals surface area contributed by atoms with Crippen molar-refractivity contribution in [2.24, 2.45) is 0 Å². The molecule has 0 spiro atoms. The van der Waals surface area contributed by atoms with Crippen molar-refractivity contribution >= 4 is 11.6 Å². The van der Waals surface area contributed by atoms with Crippen molar-refractivity contribution in [3.8, 4) is 0 Å². The third kappa shape index (κ3) is 1.75. The lowest BCUT2D eigenvalue weighted by Gasteiger charge is -2.01. The van der Waals surface area contributed by atoms with Crippen LogP contribution in [-0.2, 0) is 0 Å². The van der Waals surface area contributed by atoms with Crippen LogP contribution in [0.2, 0.25) is 5.15 Å². The normalized spacial score (nSPS) is 12.2. The molecular weight excluding hydrogens is 172 g/mol. The molecule has 1 aromatic heterocycles. The zero-order valence-corrected chi connectivity index (χ0v) is 7.76. The molecule has 1 heterocycles. The van der Waals surface area contributed by atoms with Crippen molar-refractivity contribution in [2.75, 3.05) is 0 Å². The van der Waals surface area contributed by atoms with E-state index in [1.165, 1.54) is 0 Å². The van der Waals surface area contributed by atoms with E-state index >= 15 is 0 Å². The van der Waals surface area contributed by atoms with E-state index in [4.69, 9.17) is 18.2 Å². The number of hydrogen-bond donors (Lipinski definition) is 0. The number of nitrogens with zero attached hydrogens (tertiary/aromatic N) is 2. The predicted octanol–water partition coefficient (Wildman–Crippen LogP) is 3.02. The number of hydrogen-bond acceptors (Lipinski definition) is 1. The highest BCUT2D eigenvalue weighted by atomic mass is 35.5. The van der Waals surface area contributed by atoms with E-state index in [2.05, 4.69) is 9.83 Å². The fourth-order valence-electron chi connectivity index (χ4n) is 0.917. The maximum Gasteiger partial charge on any atom is 0.248 e. The number of aromatic nitrogens is 1. The van der Waals surface area contributed by atoms with Gasteiger partial charge in [0, 0.05) is 12.6 Å². The fraction of sp³-hybridized carbons (Fsp3) is 0.333. The maximum atomic E-state index is 6.84. The van der Waals surface area contributed by atoms with Gasteiger partial charge in [-0.25, -0.2) is 11.6 Å². The second-order valence-electron chi connectivity index (χ2n) is 2.64. The summed E-state index contributed by atoms with van der Waals surface area (Å²) in [7, 11) is 0. The summed E-state index contributed by atoms with van der Waals surface area (Å²) in [5.41, 5.74) is 1.68. The molecule has 1 atom stereocenters. The zero-order chi connectivity index (χ0) is 9.14. The molecule has 0 fully saturated rings. The average molecular weight is 181 g/mol. The molecule has 2 nitrogen and oxygen atoms in total. The monoisotopic (exact) mass is 180 g/mol. The molecule has 0 aliphatic carbocycles. The molecule has 12 heavy (non-hydrogen) atoms. The van der Waals surface area contributed by atoms with Gasteiger partial charge in [0.15, 0.2) is 0 Å². The van der Waals surface area contributed by atoms with Crippen LogP contribution in [0.15, 0.2) is 12.1 Å². The van der Waals surface area contributed by atoms with Gasteiger partial charge in [0.05, 0.1) is 5.56 Å².